The molecule has 182 valence electrons. The van der Waals surface area contributed by atoms with Crippen molar-refractivity contribution >= 4 is 40.5 Å². The lowest BCUT2D eigenvalue weighted by atomic mass is 10.00. The lowest BCUT2D eigenvalue weighted by Gasteiger charge is -2.18. The Morgan fingerprint density at radius 3 is 2.31 bits per heavy atom. The normalized spacial score (nSPS) is 12.1. The van der Waals surface area contributed by atoms with E-state index in [1.807, 2.05) is 6.92 Å². The predicted octanol–water partition coefficient (Wildman–Crippen LogP) is 6.45. The first-order chi connectivity index (χ1) is 16.5. The molecule has 35 heavy (non-hydrogen) atoms. The van der Waals surface area contributed by atoms with Crippen LogP contribution in [0, 0.1) is 18.3 Å². The molecule has 3 aromatic rings. The summed E-state index contributed by atoms with van der Waals surface area (Å²) in [5, 5.41) is 13.6. The van der Waals surface area contributed by atoms with Crippen molar-refractivity contribution in [2.24, 2.45) is 5.92 Å². The zero-order chi connectivity index (χ0) is 25.8. The minimum atomic E-state index is -3.05. The van der Waals surface area contributed by atoms with Gasteiger partial charge in [0.2, 0.25) is 11.8 Å². The highest BCUT2D eigenvalue weighted by molar-refractivity contribution is 6.33. The highest BCUT2D eigenvalue weighted by Crippen LogP contribution is 2.33. The SMILES string of the molecule is CCC(F)(F)c1cccc(NC(=O)C(C(C)=N)C(=O)Nc2ccc(Cl)c(-c3ccncc3C)c2)c1. The first-order valence-electron chi connectivity index (χ1n) is 10.9. The molecule has 0 fully saturated rings. The molecule has 0 aliphatic heterocycles. The van der Waals surface area contributed by atoms with Gasteiger partial charge >= 0.3 is 0 Å². The number of pyridine rings is 1. The summed E-state index contributed by atoms with van der Waals surface area (Å²) in [5.74, 6) is -6.04. The summed E-state index contributed by atoms with van der Waals surface area (Å²) < 4.78 is 28.1. The Morgan fingerprint density at radius 2 is 1.71 bits per heavy atom. The fraction of sp³-hybridized carbons (Fsp3) is 0.231. The number of anilines is 2. The fourth-order valence-electron chi connectivity index (χ4n) is 3.55. The van der Waals surface area contributed by atoms with Crippen molar-refractivity contribution in [3.8, 4) is 11.1 Å². The number of alkyl halides is 2. The highest BCUT2D eigenvalue weighted by Gasteiger charge is 2.31. The van der Waals surface area contributed by atoms with E-state index < -0.39 is 30.1 Å². The second-order valence-corrected chi connectivity index (χ2v) is 8.53. The van der Waals surface area contributed by atoms with Crippen molar-refractivity contribution in [2.45, 2.75) is 33.1 Å². The first kappa shape index (κ1) is 26.0. The molecule has 6 nitrogen and oxygen atoms in total. The summed E-state index contributed by atoms with van der Waals surface area (Å²) in [6.07, 6.45) is 2.94. The van der Waals surface area contributed by atoms with Crippen LogP contribution in [0.5, 0.6) is 0 Å². The largest absolute Gasteiger partial charge is 0.325 e. The molecule has 1 unspecified atom stereocenters. The molecule has 0 saturated carbocycles. The van der Waals surface area contributed by atoms with Gasteiger partial charge in [0.25, 0.3) is 5.92 Å². The Morgan fingerprint density at radius 1 is 1.06 bits per heavy atom. The number of amides is 2. The molecule has 1 heterocycles. The molecular weight excluding hydrogens is 474 g/mol. The van der Waals surface area contributed by atoms with Gasteiger partial charge in [0.05, 0.1) is 0 Å². The van der Waals surface area contributed by atoms with Gasteiger partial charge in [-0.3, -0.25) is 14.6 Å². The minimum absolute atomic E-state index is 0.113. The summed E-state index contributed by atoms with van der Waals surface area (Å²) in [5.41, 5.74) is 2.45. The molecule has 2 amide bonds. The number of nitrogens with one attached hydrogen (secondary N) is 3. The Kier molecular flexibility index (Phi) is 7.96. The van der Waals surface area contributed by atoms with Crippen molar-refractivity contribution in [3.63, 3.8) is 0 Å². The maximum Gasteiger partial charge on any atom is 0.273 e. The van der Waals surface area contributed by atoms with Crippen molar-refractivity contribution in [3.05, 3.63) is 77.1 Å². The van der Waals surface area contributed by atoms with Crippen LogP contribution in [0.1, 0.15) is 31.4 Å². The lowest BCUT2D eigenvalue weighted by molar-refractivity contribution is -0.126. The molecule has 0 radical (unpaired) electrons. The summed E-state index contributed by atoms with van der Waals surface area (Å²) in [7, 11) is 0. The van der Waals surface area contributed by atoms with E-state index in [0.717, 1.165) is 17.2 Å². The number of carbonyl (C=O) groups excluding carboxylic acids is 2. The molecule has 0 spiro atoms. The number of hydrogen-bond donors (Lipinski definition) is 3. The number of aromatic nitrogens is 1. The standard InChI is InChI=1S/C26H25ClF2N4O2/c1-4-26(28,29)17-6-5-7-18(12-17)32-24(34)23(16(3)30)25(35)33-19-8-9-22(27)21(13-19)20-10-11-31-14-15(20)2/h5-14,23,30H,4H2,1-3H3,(H,32,34)(H,33,35). The van der Waals surface area contributed by atoms with Gasteiger partial charge in [-0.25, -0.2) is 8.78 Å². The molecule has 1 aromatic heterocycles. The van der Waals surface area contributed by atoms with Gasteiger partial charge < -0.3 is 16.0 Å². The van der Waals surface area contributed by atoms with E-state index in [1.54, 1.807) is 36.7 Å². The van der Waals surface area contributed by atoms with Crippen LogP contribution in [0.15, 0.2) is 60.9 Å². The van der Waals surface area contributed by atoms with Crippen molar-refractivity contribution in [1.29, 1.82) is 5.41 Å². The van der Waals surface area contributed by atoms with Gasteiger partial charge in [-0.15, -0.1) is 0 Å². The minimum Gasteiger partial charge on any atom is -0.325 e. The fourth-order valence-corrected chi connectivity index (χ4v) is 3.77. The average molecular weight is 499 g/mol. The third-order valence-electron chi connectivity index (χ3n) is 5.50. The molecule has 0 bridgehead atoms. The summed E-state index contributed by atoms with van der Waals surface area (Å²) in [4.78, 5) is 29.9. The average Bonchev–Trinajstić information content (AvgIpc) is 2.80. The second-order valence-electron chi connectivity index (χ2n) is 8.12. The number of benzene rings is 2. The molecule has 3 N–H and O–H groups in total. The number of halogens is 3. The van der Waals surface area contributed by atoms with E-state index in [-0.39, 0.29) is 17.0 Å². The molecule has 0 saturated heterocycles. The van der Waals surface area contributed by atoms with Crippen LogP contribution in [-0.2, 0) is 15.5 Å². The zero-order valence-corrected chi connectivity index (χ0v) is 20.2. The molecule has 1 atom stereocenters. The van der Waals surface area contributed by atoms with Crippen LogP contribution in [0.25, 0.3) is 11.1 Å². The van der Waals surface area contributed by atoms with Gasteiger partial charge in [-0.2, -0.15) is 0 Å². The van der Waals surface area contributed by atoms with Crippen molar-refractivity contribution in [2.75, 3.05) is 10.6 Å². The monoisotopic (exact) mass is 498 g/mol. The van der Waals surface area contributed by atoms with E-state index in [1.165, 1.54) is 32.0 Å². The van der Waals surface area contributed by atoms with Crippen LogP contribution in [0.3, 0.4) is 0 Å². The quantitative estimate of drug-likeness (QED) is 0.246. The molecule has 0 aliphatic carbocycles. The smallest absolute Gasteiger partial charge is 0.273 e. The lowest BCUT2D eigenvalue weighted by Crippen LogP contribution is -2.38. The molecule has 3 rings (SSSR count). The molecule has 0 aliphatic rings. The van der Waals surface area contributed by atoms with Gasteiger partial charge in [-0.1, -0.05) is 30.7 Å². The first-order valence-corrected chi connectivity index (χ1v) is 11.3. The Bertz CT molecular complexity index is 1280. The van der Waals surface area contributed by atoms with E-state index in [0.29, 0.717) is 16.3 Å². The number of aryl methyl sites for hydroxylation is 1. The van der Waals surface area contributed by atoms with Gasteiger partial charge in [-0.05, 0) is 61.4 Å². The Hall–Kier alpha value is -3.65. The van der Waals surface area contributed by atoms with Crippen LogP contribution >= 0.6 is 11.6 Å². The zero-order valence-electron chi connectivity index (χ0n) is 19.5. The number of hydrogen-bond acceptors (Lipinski definition) is 4. The van der Waals surface area contributed by atoms with Gasteiger partial charge in [0, 0.05) is 52.1 Å². The van der Waals surface area contributed by atoms with E-state index in [2.05, 4.69) is 15.6 Å². The van der Waals surface area contributed by atoms with Gasteiger partial charge in [0.15, 0.2) is 5.92 Å². The van der Waals surface area contributed by atoms with E-state index >= 15 is 0 Å². The summed E-state index contributed by atoms with van der Waals surface area (Å²) >= 11 is 6.36. The van der Waals surface area contributed by atoms with Crippen LogP contribution < -0.4 is 10.6 Å². The maximum absolute atomic E-state index is 14.0. The highest BCUT2D eigenvalue weighted by atomic mass is 35.5. The van der Waals surface area contributed by atoms with E-state index in [9.17, 15) is 18.4 Å². The third-order valence-corrected chi connectivity index (χ3v) is 5.83. The molecular formula is C26H25ClF2N4O2. The van der Waals surface area contributed by atoms with Crippen molar-refractivity contribution < 1.29 is 18.4 Å². The topological polar surface area (TPSA) is 94.9 Å². The second kappa shape index (κ2) is 10.7. The van der Waals surface area contributed by atoms with Gasteiger partial charge in [0.1, 0.15) is 0 Å². The van der Waals surface area contributed by atoms with Crippen molar-refractivity contribution in [1.82, 2.24) is 4.98 Å². The van der Waals surface area contributed by atoms with Crippen LogP contribution in [0.2, 0.25) is 5.02 Å². The predicted molar refractivity (Wildman–Crippen MR) is 134 cm³/mol. The Labute approximate surface area is 207 Å². The summed E-state index contributed by atoms with van der Waals surface area (Å²) in [6, 6.07) is 12.0. The van der Waals surface area contributed by atoms with Crippen LogP contribution in [-0.4, -0.2) is 22.5 Å². The Balaban J connectivity index is 1.82. The number of carbonyl (C=O) groups is 2. The summed E-state index contributed by atoms with van der Waals surface area (Å²) in [6.45, 7) is 4.58. The number of nitrogens with zero attached hydrogens (tertiary/aromatic N) is 1. The van der Waals surface area contributed by atoms with E-state index in [4.69, 9.17) is 17.0 Å². The molecule has 9 heteroatoms. The molecule has 2 aromatic carbocycles. The number of rotatable bonds is 8. The van der Waals surface area contributed by atoms with Crippen LogP contribution in [0.4, 0.5) is 20.2 Å². The maximum atomic E-state index is 14.0. The third kappa shape index (κ3) is 6.08.